The van der Waals surface area contributed by atoms with Crippen molar-refractivity contribution in [1.29, 1.82) is 0 Å². The molecule has 1 aliphatic rings. The van der Waals surface area contributed by atoms with Crippen LogP contribution in [0.25, 0.3) is 0 Å². The van der Waals surface area contributed by atoms with Gasteiger partial charge in [0.2, 0.25) is 0 Å². The molecule has 0 aromatic heterocycles. The van der Waals surface area contributed by atoms with E-state index in [-0.39, 0.29) is 0 Å². The smallest absolute Gasteiger partial charge is 0.0498 e. The van der Waals surface area contributed by atoms with Crippen LogP contribution in [0.5, 0.6) is 0 Å². The summed E-state index contributed by atoms with van der Waals surface area (Å²) in [5.41, 5.74) is 0. The predicted octanol–water partition coefficient (Wildman–Crippen LogP) is 0.611. The van der Waals surface area contributed by atoms with E-state index in [1.165, 1.54) is 0 Å². The molecule has 1 saturated heterocycles. The average Bonchev–Trinajstić information content (AvgIpc) is 1.76. The van der Waals surface area contributed by atoms with Crippen molar-refractivity contribution < 1.29 is 4.74 Å². The standard InChI is InChI=1S/C4H7O/c1-2-4-5-3-1/h1H,2-4H2. The molecular formula is C4H7O. The van der Waals surface area contributed by atoms with Crippen molar-refractivity contribution in [3.63, 3.8) is 0 Å². The van der Waals surface area contributed by atoms with Gasteiger partial charge in [0, 0.05) is 13.2 Å². The van der Waals surface area contributed by atoms with Crippen LogP contribution in [0, 0.1) is 6.42 Å². The highest BCUT2D eigenvalue weighted by Crippen LogP contribution is 1.96. The second-order valence-corrected chi connectivity index (χ2v) is 1.15. The zero-order valence-electron chi connectivity index (χ0n) is 3.11. The van der Waals surface area contributed by atoms with Gasteiger partial charge in [0.15, 0.2) is 0 Å². The van der Waals surface area contributed by atoms with E-state index in [0.717, 1.165) is 19.6 Å². The van der Waals surface area contributed by atoms with Crippen molar-refractivity contribution in [2.24, 2.45) is 0 Å². The maximum atomic E-state index is 4.89. The van der Waals surface area contributed by atoms with Gasteiger partial charge in [-0.15, -0.1) is 0 Å². The van der Waals surface area contributed by atoms with Crippen molar-refractivity contribution >= 4 is 0 Å². The molecule has 0 aromatic rings. The van der Waals surface area contributed by atoms with Gasteiger partial charge in [-0.1, -0.05) is 0 Å². The second-order valence-electron chi connectivity index (χ2n) is 1.15. The maximum Gasteiger partial charge on any atom is 0.0498 e. The van der Waals surface area contributed by atoms with Crippen LogP contribution in [0.2, 0.25) is 0 Å². The molecule has 1 radical (unpaired) electrons. The van der Waals surface area contributed by atoms with Crippen molar-refractivity contribution in [2.75, 3.05) is 13.2 Å². The molecule has 0 aliphatic carbocycles. The van der Waals surface area contributed by atoms with Crippen LogP contribution in [0.4, 0.5) is 0 Å². The summed E-state index contributed by atoms with van der Waals surface area (Å²) < 4.78 is 4.89. The fourth-order valence-electron chi connectivity index (χ4n) is 0.417. The Morgan fingerprint density at radius 1 is 1.60 bits per heavy atom. The topological polar surface area (TPSA) is 9.23 Å². The highest BCUT2D eigenvalue weighted by atomic mass is 16.5. The normalized spacial score (nSPS) is 24.0. The summed E-state index contributed by atoms with van der Waals surface area (Å²) in [5, 5.41) is 0. The fourth-order valence-corrected chi connectivity index (χ4v) is 0.417. The average molecular weight is 71.1 g/mol. The molecule has 1 heteroatoms. The van der Waals surface area contributed by atoms with Gasteiger partial charge in [-0.25, -0.2) is 0 Å². The molecule has 0 unspecified atom stereocenters. The first-order valence-corrected chi connectivity index (χ1v) is 1.89. The van der Waals surface area contributed by atoms with Crippen molar-refractivity contribution in [3.05, 3.63) is 6.42 Å². The Morgan fingerprint density at radius 2 is 2.60 bits per heavy atom. The van der Waals surface area contributed by atoms with E-state index in [2.05, 4.69) is 6.42 Å². The Balaban J connectivity index is 2.08. The van der Waals surface area contributed by atoms with Crippen molar-refractivity contribution in [2.45, 2.75) is 6.42 Å². The molecule has 1 fully saturated rings. The summed E-state index contributed by atoms with van der Waals surface area (Å²) in [6.45, 7) is 1.82. The van der Waals surface area contributed by atoms with Crippen LogP contribution >= 0.6 is 0 Å². The molecule has 0 amide bonds. The first-order chi connectivity index (χ1) is 2.50. The molecule has 1 aliphatic heterocycles. The predicted molar refractivity (Wildman–Crippen MR) is 19.7 cm³/mol. The SMILES string of the molecule is [CH]1CCOC1. The first-order valence-electron chi connectivity index (χ1n) is 1.89. The lowest BCUT2D eigenvalue weighted by Crippen LogP contribution is -1.75. The van der Waals surface area contributed by atoms with Gasteiger partial charge >= 0.3 is 0 Å². The maximum absolute atomic E-state index is 4.89. The van der Waals surface area contributed by atoms with Gasteiger partial charge in [-0.3, -0.25) is 0 Å². The largest absolute Gasteiger partial charge is 0.381 e. The fraction of sp³-hybridized carbons (Fsp3) is 0.750. The Hall–Kier alpha value is -0.0400. The molecular weight excluding hydrogens is 64.0 g/mol. The summed E-state index contributed by atoms with van der Waals surface area (Å²) in [5.74, 6) is 0. The molecule has 0 N–H and O–H groups in total. The monoisotopic (exact) mass is 71.0 g/mol. The minimum Gasteiger partial charge on any atom is -0.381 e. The lowest BCUT2D eigenvalue weighted by molar-refractivity contribution is 0.204. The first kappa shape index (κ1) is 3.16. The van der Waals surface area contributed by atoms with Gasteiger partial charge in [0.1, 0.15) is 0 Å². The third kappa shape index (κ3) is 0.618. The molecule has 5 heavy (non-hydrogen) atoms. The van der Waals surface area contributed by atoms with Crippen LogP contribution in [-0.2, 0) is 4.74 Å². The second kappa shape index (κ2) is 1.41. The van der Waals surface area contributed by atoms with Crippen LogP contribution < -0.4 is 0 Å². The number of hydrogen-bond acceptors (Lipinski definition) is 1. The van der Waals surface area contributed by atoms with Crippen molar-refractivity contribution in [3.8, 4) is 0 Å². The third-order valence-corrected chi connectivity index (χ3v) is 0.702. The minimum atomic E-state index is 0.875. The number of hydrogen-bond donors (Lipinski definition) is 0. The Labute approximate surface area is 31.9 Å². The summed E-state index contributed by atoms with van der Waals surface area (Å²) >= 11 is 0. The van der Waals surface area contributed by atoms with Crippen molar-refractivity contribution in [1.82, 2.24) is 0 Å². The molecule has 0 spiro atoms. The van der Waals surface area contributed by atoms with Gasteiger partial charge in [-0.05, 0) is 12.8 Å². The lowest BCUT2D eigenvalue weighted by Gasteiger charge is -1.76. The van der Waals surface area contributed by atoms with E-state index in [4.69, 9.17) is 4.74 Å². The van der Waals surface area contributed by atoms with E-state index in [9.17, 15) is 0 Å². The zero-order valence-corrected chi connectivity index (χ0v) is 3.11. The number of ether oxygens (including phenoxy) is 1. The Kier molecular flexibility index (Phi) is 0.892. The minimum absolute atomic E-state index is 0.875. The zero-order chi connectivity index (χ0) is 3.54. The summed E-state index contributed by atoms with van der Waals surface area (Å²) in [6.07, 6.45) is 3.29. The number of rotatable bonds is 0. The van der Waals surface area contributed by atoms with Gasteiger partial charge in [-0.2, -0.15) is 0 Å². The highest BCUT2D eigenvalue weighted by molar-refractivity contribution is 4.67. The molecule has 1 rings (SSSR count). The lowest BCUT2D eigenvalue weighted by atomic mass is 10.4. The molecule has 0 bridgehead atoms. The summed E-state index contributed by atoms with van der Waals surface area (Å²) in [4.78, 5) is 0. The van der Waals surface area contributed by atoms with Gasteiger partial charge in [0.05, 0.1) is 0 Å². The summed E-state index contributed by atoms with van der Waals surface area (Å²) in [6, 6.07) is 0. The molecule has 29 valence electrons. The van der Waals surface area contributed by atoms with Crippen LogP contribution in [0.15, 0.2) is 0 Å². The summed E-state index contributed by atoms with van der Waals surface area (Å²) in [7, 11) is 0. The van der Waals surface area contributed by atoms with Gasteiger partial charge < -0.3 is 4.74 Å². The molecule has 0 atom stereocenters. The van der Waals surface area contributed by atoms with E-state index in [1.54, 1.807) is 0 Å². The molecule has 1 heterocycles. The quantitative estimate of drug-likeness (QED) is 0.406. The molecule has 0 aromatic carbocycles. The van der Waals surface area contributed by atoms with Gasteiger partial charge in [0.25, 0.3) is 0 Å². The van der Waals surface area contributed by atoms with Crippen LogP contribution in [0.3, 0.4) is 0 Å². The molecule has 1 nitrogen and oxygen atoms in total. The van der Waals surface area contributed by atoms with E-state index < -0.39 is 0 Å². The van der Waals surface area contributed by atoms with Crippen LogP contribution in [-0.4, -0.2) is 13.2 Å². The van der Waals surface area contributed by atoms with Crippen LogP contribution in [0.1, 0.15) is 6.42 Å². The van der Waals surface area contributed by atoms with E-state index in [0.29, 0.717) is 0 Å². The Bertz CT molecular complexity index is 15.2. The highest BCUT2D eigenvalue weighted by Gasteiger charge is 1.95. The molecule has 0 saturated carbocycles. The Morgan fingerprint density at radius 3 is 2.80 bits per heavy atom. The third-order valence-electron chi connectivity index (χ3n) is 0.702. The van der Waals surface area contributed by atoms with E-state index in [1.807, 2.05) is 0 Å². The van der Waals surface area contributed by atoms with E-state index >= 15 is 0 Å².